The molecule has 0 aliphatic carbocycles. The molecule has 0 fully saturated rings. The van der Waals surface area contributed by atoms with E-state index in [0.29, 0.717) is 49.9 Å². The van der Waals surface area contributed by atoms with Crippen LogP contribution in [0.3, 0.4) is 0 Å². The highest BCUT2D eigenvalue weighted by molar-refractivity contribution is 6.31. The van der Waals surface area contributed by atoms with E-state index >= 15 is 0 Å². The van der Waals surface area contributed by atoms with Gasteiger partial charge in [0.25, 0.3) is 0 Å². The second-order valence-electron chi connectivity index (χ2n) is 7.77. The third kappa shape index (κ3) is 4.00. The lowest BCUT2D eigenvalue weighted by Gasteiger charge is -2.10. The number of ether oxygens (including phenoxy) is 4. The standard InChI is InChI=1S/C27H19ClO7/c1-14-19(35-27(30)23-13-16-11-17(28)7-9-20(16)33-23)10-8-18-24(29)22(34-25(14)18)12-15-5-4-6-21(31-2)26(15)32-3/h4-13H,1-3H3/b22-12-. The summed E-state index contributed by atoms with van der Waals surface area (Å²) in [6.07, 6.45) is 1.59. The Bertz CT molecular complexity index is 1530. The molecule has 1 aliphatic heterocycles. The normalized spacial score (nSPS) is 13.6. The second-order valence-corrected chi connectivity index (χ2v) is 8.21. The third-order valence-electron chi connectivity index (χ3n) is 5.64. The molecule has 0 atom stereocenters. The number of hydrogen-bond acceptors (Lipinski definition) is 7. The van der Waals surface area contributed by atoms with Crippen molar-refractivity contribution in [2.24, 2.45) is 0 Å². The van der Waals surface area contributed by atoms with Crippen molar-refractivity contribution >= 4 is 40.4 Å². The minimum Gasteiger partial charge on any atom is -0.493 e. The molecule has 0 bridgehead atoms. The maximum absolute atomic E-state index is 13.0. The zero-order valence-electron chi connectivity index (χ0n) is 19.0. The van der Waals surface area contributed by atoms with Crippen molar-refractivity contribution in [3.05, 3.63) is 87.8 Å². The van der Waals surface area contributed by atoms with E-state index in [2.05, 4.69) is 0 Å². The lowest BCUT2D eigenvalue weighted by molar-refractivity contribution is 0.0702. The summed E-state index contributed by atoms with van der Waals surface area (Å²) < 4.78 is 27.8. The molecule has 1 aromatic heterocycles. The number of hydrogen-bond donors (Lipinski definition) is 0. The molecule has 1 aliphatic rings. The van der Waals surface area contributed by atoms with Gasteiger partial charge >= 0.3 is 5.97 Å². The topological polar surface area (TPSA) is 84.2 Å². The van der Waals surface area contributed by atoms with E-state index in [0.717, 1.165) is 0 Å². The lowest BCUT2D eigenvalue weighted by atomic mass is 10.1. The fraction of sp³-hybridized carbons (Fsp3) is 0.111. The van der Waals surface area contributed by atoms with Crippen molar-refractivity contribution in [1.82, 2.24) is 0 Å². The Hall–Kier alpha value is -4.23. The van der Waals surface area contributed by atoms with Crippen molar-refractivity contribution < 1.29 is 33.0 Å². The quantitative estimate of drug-likeness (QED) is 0.186. The number of ketones is 1. The molecule has 3 aromatic carbocycles. The molecular weight excluding hydrogens is 472 g/mol. The number of methoxy groups -OCH3 is 2. The van der Waals surface area contributed by atoms with E-state index in [9.17, 15) is 9.59 Å². The highest BCUT2D eigenvalue weighted by atomic mass is 35.5. The minimum absolute atomic E-state index is 0.0323. The van der Waals surface area contributed by atoms with Crippen molar-refractivity contribution in [2.45, 2.75) is 6.92 Å². The van der Waals surface area contributed by atoms with Crippen LogP contribution in [0.1, 0.15) is 32.0 Å². The van der Waals surface area contributed by atoms with Crippen LogP contribution in [0.15, 0.2) is 64.8 Å². The molecule has 0 amide bonds. The zero-order valence-corrected chi connectivity index (χ0v) is 19.8. The fourth-order valence-electron chi connectivity index (χ4n) is 3.91. The van der Waals surface area contributed by atoms with Crippen LogP contribution in [0.4, 0.5) is 0 Å². The van der Waals surface area contributed by atoms with E-state index in [1.807, 2.05) is 0 Å². The minimum atomic E-state index is -0.679. The molecule has 0 spiro atoms. The molecule has 0 unspecified atom stereocenters. The Morgan fingerprint density at radius 1 is 1.00 bits per heavy atom. The molecule has 4 aromatic rings. The van der Waals surface area contributed by atoms with Crippen molar-refractivity contribution in [2.75, 3.05) is 14.2 Å². The average Bonchev–Trinajstić information content (AvgIpc) is 3.42. The number of rotatable bonds is 5. The van der Waals surface area contributed by atoms with Crippen LogP contribution in [-0.4, -0.2) is 26.0 Å². The van der Waals surface area contributed by atoms with Gasteiger partial charge in [-0.1, -0.05) is 23.7 Å². The number of carbonyl (C=O) groups excluding carboxylic acids is 2. The SMILES string of the molecule is COc1cccc(/C=C2\Oc3c(ccc(OC(=O)c4cc5cc(Cl)ccc5o4)c3C)C2=O)c1OC. The van der Waals surface area contributed by atoms with E-state index in [1.54, 1.807) is 67.6 Å². The van der Waals surface area contributed by atoms with Gasteiger partial charge < -0.3 is 23.4 Å². The first-order valence-corrected chi connectivity index (χ1v) is 11.0. The van der Waals surface area contributed by atoms with Crippen LogP contribution in [-0.2, 0) is 0 Å². The molecular formula is C27H19ClO7. The monoisotopic (exact) mass is 490 g/mol. The van der Waals surface area contributed by atoms with Crippen LogP contribution in [0.25, 0.3) is 17.0 Å². The number of benzene rings is 3. The summed E-state index contributed by atoms with van der Waals surface area (Å²) in [5, 5.41) is 1.22. The molecule has 35 heavy (non-hydrogen) atoms. The maximum Gasteiger partial charge on any atom is 0.379 e. The summed E-state index contributed by atoms with van der Waals surface area (Å²) in [5.74, 6) is 0.764. The van der Waals surface area contributed by atoms with Gasteiger partial charge in [0.1, 0.15) is 17.1 Å². The molecule has 0 N–H and O–H groups in total. The Balaban J connectivity index is 1.43. The van der Waals surface area contributed by atoms with E-state index in [4.69, 9.17) is 35.0 Å². The first-order valence-electron chi connectivity index (χ1n) is 10.6. The van der Waals surface area contributed by atoms with Crippen molar-refractivity contribution in [1.29, 1.82) is 0 Å². The zero-order chi connectivity index (χ0) is 24.7. The van der Waals surface area contributed by atoms with Gasteiger partial charge in [-0.2, -0.15) is 0 Å². The highest BCUT2D eigenvalue weighted by Crippen LogP contribution is 2.41. The summed E-state index contributed by atoms with van der Waals surface area (Å²) in [6, 6.07) is 15.1. The summed E-state index contributed by atoms with van der Waals surface area (Å²) in [4.78, 5) is 25.7. The van der Waals surface area contributed by atoms with Crippen molar-refractivity contribution in [3.8, 4) is 23.0 Å². The van der Waals surface area contributed by atoms with Crippen LogP contribution in [0.5, 0.6) is 23.0 Å². The van der Waals surface area contributed by atoms with Gasteiger partial charge in [-0.15, -0.1) is 0 Å². The Morgan fingerprint density at radius 2 is 1.83 bits per heavy atom. The van der Waals surface area contributed by atoms with E-state index in [-0.39, 0.29) is 23.1 Å². The van der Waals surface area contributed by atoms with Gasteiger partial charge in [0, 0.05) is 21.5 Å². The van der Waals surface area contributed by atoms with Gasteiger partial charge in [-0.25, -0.2) is 4.79 Å². The third-order valence-corrected chi connectivity index (χ3v) is 5.87. The maximum atomic E-state index is 13.0. The molecule has 176 valence electrons. The largest absolute Gasteiger partial charge is 0.493 e. The van der Waals surface area contributed by atoms with Crippen LogP contribution in [0, 0.1) is 6.92 Å². The van der Waals surface area contributed by atoms with Gasteiger partial charge in [0.15, 0.2) is 17.3 Å². The number of halogens is 1. The number of esters is 1. The number of carbonyl (C=O) groups is 2. The van der Waals surface area contributed by atoms with Crippen LogP contribution >= 0.6 is 11.6 Å². The average molecular weight is 491 g/mol. The summed E-state index contributed by atoms with van der Waals surface area (Å²) in [6.45, 7) is 1.71. The Kier molecular flexibility index (Phi) is 5.70. The molecule has 7 nitrogen and oxygen atoms in total. The smallest absolute Gasteiger partial charge is 0.379 e. The number of para-hydroxylation sites is 1. The van der Waals surface area contributed by atoms with Crippen molar-refractivity contribution in [3.63, 3.8) is 0 Å². The molecule has 0 saturated carbocycles. The Morgan fingerprint density at radius 3 is 2.60 bits per heavy atom. The summed E-state index contributed by atoms with van der Waals surface area (Å²) >= 11 is 6.00. The van der Waals surface area contributed by atoms with Gasteiger partial charge in [-0.3, -0.25) is 4.79 Å². The van der Waals surface area contributed by atoms with E-state index in [1.165, 1.54) is 14.2 Å². The highest BCUT2D eigenvalue weighted by Gasteiger charge is 2.31. The number of allylic oxidation sites excluding steroid dienone is 1. The number of furan rings is 1. The van der Waals surface area contributed by atoms with Crippen LogP contribution < -0.4 is 18.9 Å². The summed E-state index contributed by atoms with van der Waals surface area (Å²) in [5.41, 5.74) is 2.01. The summed E-state index contributed by atoms with van der Waals surface area (Å²) in [7, 11) is 3.06. The van der Waals surface area contributed by atoms with E-state index < -0.39 is 5.97 Å². The molecule has 8 heteroatoms. The molecule has 0 radical (unpaired) electrons. The first-order chi connectivity index (χ1) is 16.9. The number of fused-ring (bicyclic) bond motifs is 2. The van der Waals surface area contributed by atoms with Crippen LogP contribution in [0.2, 0.25) is 5.02 Å². The Labute approximate surface area is 205 Å². The lowest BCUT2D eigenvalue weighted by Crippen LogP contribution is -2.08. The molecule has 2 heterocycles. The predicted octanol–water partition coefficient (Wildman–Crippen LogP) is 6.25. The second kappa shape index (κ2) is 8.85. The molecule has 5 rings (SSSR count). The number of Topliss-reactive ketones (excluding diaryl/α,β-unsaturated/α-hetero) is 1. The van der Waals surface area contributed by atoms with Gasteiger partial charge in [0.2, 0.25) is 11.5 Å². The molecule has 0 saturated heterocycles. The van der Waals surface area contributed by atoms with Gasteiger partial charge in [-0.05, 0) is 55.5 Å². The van der Waals surface area contributed by atoms with Gasteiger partial charge in [0.05, 0.1) is 19.8 Å². The first kappa shape index (κ1) is 22.6. The fourth-order valence-corrected chi connectivity index (χ4v) is 4.09. The predicted molar refractivity (Wildman–Crippen MR) is 130 cm³/mol.